The van der Waals surface area contributed by atoms with Crippen LogP contribution in [0.2, 0.25) is 0 Å². The van der Waals surface area contributed by atoms with Crippen molar-refractivity contribution in [3.63, 3.8) is 0 Å². The molecule has 0 saturated carbocycles. The number of amides is 1. The number of hydrogen-bond donors (Lipinski definition) is 2. The maximum Gasteiger partial charge on any atom is 0.237 e. The number of hydrogen-bond acceptors (Lipinski definition) is 6. The number of nitrogens with zero attached hydrogens (tertiary/aromatic N) is 4. The van der Waals surface area contributed by atoms with Gasteiger partial charge in [-0.05, 0) is 6.07 Å². The fourth-order valence-electron chi connectivity index (χ4n) is 0.922. The molecule has 0 saturated heterocycles. The monoisotopic (exact) mass is 236 g/mol. The van der Waals surface area contributed by atoms with E-state index in [0.717, 1.165) is 0 Å². The molecule has 0 bridgehead atoms. The van der Waals surface area contributed by atoms with Crippen molar-refractivity contribution in [3.05, 3.63) is 24.8 Å². The lowest BCUT2D eigenvalue weighted by Crippen LogP contribution is -2.15. The average Bonchev–Trinajstić information content (AvgIpc) is 2.81. The van der Waals surface area contributed by atoms with Gasteiger partial charge < -0.3 is 0 Å². The molecule has 1 amide bonds. The molecule has 2 heterocycles. The molecule has 2 aromatic heterocycles. The predicted octanol–water partition coefficient (Wildman–Crippen LogP) is 0.325. The van der Waals surface area contributed by atoms with Crippen LogP contribution < -0.4 is 5.32 Å². The third-order valence-corrected chi connectivity index (χ3v) is 2.43. The Bertz CT molecular complexity index is 445. The van der Waals surface area contributed by atoms with Gasteiger partial charge in [-0.15, -0.1) is 0 Å². The lowest BCUT2D eigenvalue weighted by atomic mass is 10.6. The average molecular weight is 236 g/mol. The molecule has 0 aliphatic heterocycles. The number of nitrogens with one attached hydrogen (secondary N) is 2. The summed E-state index contributed by atoms with van der Waals surface area (Å²) in [5.41, 5.74) is 0. The summed E-state index contributed by atoms with van der Waals surface area (Å²) >= 11 is 1.26. The highest BCUT2D eigenvalue weighted by Crippen LogP contribution is 2.10. The van der Waals surface area contributed by atoms with Crippen molar-refractivity contribution in [1.82, 2.24) is 25.1 Å². The van der Waals surface area contributed by atoms with Gasteiger partial charge in [0.2, 0.25) is 11.9 Å². The van der Waals surface area contributed by atoms with Gasteiger partial charge in [0.05, 0.1) is 5.75 Å². The quantitative estimate of drug-likeness (QED) is 0.742. The van der Waals surface area contributed by atoms with Crippen LogP contribution in [0.5, 0.6) is 0 Å². The highest BCUT2D eigenvalue weighted by atomic mass is 32.2. The molecule has 2 N–H and O–H groups in total. The topological polar surface area (TPSA) is 96.5 Å². The van der Waals surface area contributed by atoms with Crippen LogP contribution in [0.25, 0.3) is 0 Å². The molecule has 0 atom stereocenters. The van der Waals surface area contributed by atoms with Gasteiger partial charge in [-0.25, -0.2) is 15.0 Å². The number of carbonyl (C=O) groups excluding carboxylic acids is 1. The van der Waals surface area contributed by atoms with E-state index < -0.39 is 0 Å². The molecule has 0 spiro atoms. The summed E-state index contributed by atoms with van der Waals surface area (Å²) in [6, 6.07) is 1.68. The first-order valence-corrected chi connectivity index (χ1v) is 5.38. The molecule has 2 aromatic rings. The van der Waals surface area contributed by atoms with Crippen LogP contribution in [-0.2, 0) is 4.79 Å². The van der Waals surface area contributed by atoms with Crippen LogP contribution in [0.4, 0.5) is 5.95 Å². The minimum absolute atomic E-state index is 0.187. The predicted molar refractivity (Wildman–Crippen MR) is 57.8 cm³/mol. The normalized spacial score (nSPS) is 10.0. The maximum atomic E-state index is 11.4. The lowest BCUT2D eigenvalue weighted by molar-refractivity contribution is -0.113. The fourth-order valence-corrected chi connectivity index (χ4v) is 1.50. The number of anilines is 1. The van der Waals surface area contributed by atoms with E-state index in [-0.39, 0.29) is 11.7 Å². The SMILES string of the molecule is O=C(CSc1ncn[nH]1)Nc1ncccn1. The molecule has 7 nitrogen and oxygen atoms in total. The van der Waals surface area contributed by atoms with Crippen molar-refractivity contribution in [2.24, 2.45) is 0 Å². The van der Waals surface area contributed by atoms with E-state index in [1.165, 1.54) is 18.1 Å². The minimum atomic E-state index is -0.187. The number of aromatic nitrogens is 5. The summed E-state index contributed by atoms with van der Waals surface area (Å²) in [5.74, 6) is 0.339. The van der Waals surface area contributed by atoms with E-state index in [1.54, 1.807) is 18.5 Å². The van der Waals surface area contributed by atoms with E-state index >= 15 is 0 Å². The lowest BCUT2D eigenvalue weighted by Gasteiger charge is -2.00. The van der Waals surface area contributed by atoms with Gasteiger partial charge in [0.25, 0.3) is 0 Å². The van der Waals surface area contributed by atoms with Crippen LogP contribution in [0.1, 0.15) is 0 Å². The molecule has 16 heavy (non-hydrogen) atoms. The van der Waals surface area contributed by atoms with Gasteiger partial charge in [0.1, 0.15) is 6.33 Å². The molecule has 82 valence electrons. The third kappa shape index (κ3) is 3.02. The Morgan fingerprint density at radius 3 is 2.88 bits per heavy atom. The number of H-pyrrole nitrogens is 1. The van der Waals surface area contributed by atoms with Crippen LogP contribution in [0, 0.1) is 0 Å². The second-order valence-electron chi connectivity index (χ2n) is 2.70. The maximum absolute atomic E-state index is 11.4. The molecular weight excluding hydrogens is 228 g/mol. The molecule has 0 aliphatic carbocycles. The van der Waals surface area contributed by atoms with Crippen molar-refractivity contribution in [1.29, 1.82) is 0 Å². The first kappa shape index (κ1) is 10.6. The highest BCUT2D eigenvalue weighted by Gasteiger charge is 2.05. The standard InChI is InChI=1S/C8H8N6OS/c15-6(4-16-8-11-5-12-14-8)13-7-9-2-1-3-10-7/h1-3,5H,4H2,(H,11,12,14)(H,9,10,13,15). The van der Waals surface area contributed by atoms with Crippen LogP contribution in [0.15, 0.2) is 29.9 Å². The van der Waals surface area contributed by atoms with Crippen molar-refractivity contribution >= 4 is 23.6 Å². The molecule has 0 aliphatic rings. The Balaban J connectivity index is 1.81. The van der Waals surface area contributed by atoms with Crippen LogP contribution in [0.3, 0.4) is 0 Å². The first-order valence-electron chi connectivity index (χ1n) is 4.39. The zero-order chi connectivity index (χ0) is 11.2. The van der Waals surface area contributed by atoms with E-state index in [2.05, 4.69) is 30.5 Å². The highest BCUT2D eigenvalue weighted by molar-refractivity contribution is 7.99. The van der Waals surface area contributed by atoms with E-state index in [1.807, 2.05) is 0 Å². The summed E-state index contributed by atoms with van der Waals surface area (Å²) in [6.45, 7) is 0. The van der Waals surface area contributed by atoms with Crippen molar-refractivity contribution in [2.75, 3.05) is 11.1 Å². The number of thioether (sulfide) groups is 1. The Morgan fingerprint density at radius 1 is 1.38 bits per heavy atom. The van der Waals surface area contributed by atoms with Crippen molar-refractivity contribution < 1.29 is 4.79 Å². The molecule has 8 heteroatoms. The number of aromatic amines is 1. The Kier molecular flexibility index (Phi) is 3.44. The van der Waals surface area contributed by atoms with E-state index in [0.29, 0.717) is 11.1 Å². The Morgan fingerprint density at radius 2 is 2.19 bits per heavy atom. The molecule has 0 fully saturated rings. The molecule has 0 radical (unpaired) electrons. The molecular formula is C8H8N6OS. The van der Waals surface area contributed by atoms with Crippen LogP contribution in [-0.4, -0.2) is 36.8 Å². The Labute approximate surface area is 95.1 Å². The second-order valence-corrected chi connectivity index (χ2v) is 3.66. The smallest absolute Gasteiger partial charge is 0.237 e. The summed E-state index contributed by atoms with van der Waals surface area (Å²) in [4.78, 5) is 23.1. The van der Waals surface area contributed by atoms with Gasteiger partial charge in [0, 0.05) is 12.4 Å². The second kappa shape index (κ2) is 5.21. The largest absolute Gasteiger partial charge is 0.294 e. The zero-order valence-electron chi connectivity index (χ0n) is 8.12. The van der Waals surface area contributed by atoms with Gasteiger partial charge in [-0.3, -0.25) is 15.2 Å². The number of rotatable bonds is 4. The van der Waals surface area contributed by atoms with Gasteiger partial charge in [-0.1, -0.05) is 11.8 Å². The van der Waals surface area contributed by atoms with E-state index in [9.17, 15) is 4.79 Å². The summed E-state index contributed by atoms with van der Waals surface area (Å²) < 4.78 is 0. The summed E-state index contributed by atoms with van der Waals surface area (Å²) in [6.07, 6.45) is 4.51. The summed E-state index contributed by atoms with van der Waals surface area (Å²) in [7, 11) is 0. The van der Waals surface area contributed by atoms with E-state index in [4.69, 9.17) is 0 Å². The van der Waals surface area contributed by atoms with Gasteiger partial charge in [-0.2, -0.15) is 5.10 Å². The molecule has 0 aromatic carbocycles. The van der Waals surface area contributed by atoms with Gasteiger partial charge >= 0.3 is 0 Å². The molecule has 0 unspecified atom stereocenters. The zero-order valence-corrected chi connectivity index (χ0v) is 8.94. The first-order chi connectivity index (χ1) is 7.84. The van der Waals surface area contributed by atoms with Crippen molar-refractivity contribution in [2.45, 2.75) is 5.16 Å². The minimum Gasteiger partial charge on any atom is -0.294 e. The fraction of sp³-hybridized carbons (Fsp3) is 0.125. The van der Waals surface area contributed by atoms with Crippen molar-refractivity contribution in [3.8, 4) is 0 Å². The van der Waals surface area contributed by atoms with Gasteiger partial charge in [0.15, 0.2) is 5.16 Å². The third-order valence-electron chi connectivity index (χ3n) is 1.55. The van der Waals surface area contributed by atoms with Crippen LogP contribution >= 0.6 is 11.8 Å². The Hall–Kier alpha value is -1.96. The summed E-state index contributed by atoms with van der Waals surface area (Å²) in [5, 5.41) is 9.48. The number of carbonyl (C=O) groups is 1. The molecule has 2 rings (SSSR count).